The number of aliphatic hydroxyl groups excluding tert-OH is 1. The monoisotopic (exact) mass is 584 g/mol. The van der Waals surface area contributed by atoms with Crippen LogP contribution in [0.4, 0.5) is 5.69 Å². The first-order chi connectivity index (χ1) is 21.1. The number of azide groups is 1. The van der Waals surface area contributed by atoms with Gasteiger partial charge in [-0.05, 0) is 35.4 Å². The summed E-state index contributed by atoms with van der Waals surface area (Å²) in [6.07, 6.45) is -0.0709. The molecule has 1 saturated heterocycles. The van der Waals surface area contributed by atoms with Gasteiger partial charge in [-0.3, -0.25) is 9.69 Å². The highest BCUT2D eigenvalue weighted by Crippen LogP contribution is 2.45. The number of hydrogen-bond donors (Lipinski definition) is 2. The minimum Gasteiger partial charge on any atom is -0.494 e. The van der Waals surface area contributed by atoms with Gasteiger partial charge in [0.25, 0.3) is 5.91 Å². The molecule has 1 amide bonds. The summed E-state index contributed by atoms with van der Waals surface area (Å²) in [5, 5.41) is 16.1. The minimum absolute atomic E-state index is 0.0550. The number of nitrogens with zero attached hydrogens (tertiary/aromatic N) is 5. The fraction of sp³-hybridized carbons (Fsp3) is 0.375. The zero-order chi connectivity index (χ0) is 29.9. The molecule has 43 heavy (non-hydrogen) atoms. The van der Waals surface area contributed by atoms with Crippen LogP contribution in [0.5, 0.6) is 5.75 Å². The Morgan fingerprint density at radius 2 is 1.84 bits per heavy atom. The summed E-state index contributed by atoms with van der Waals surface area (Å²) in [4.78, 5) is 24.7. The molecule has 0 aliphatic carbocycles. The Labute approximate surface area is 250 Å². The summed E-state index contributed by atoms with van der Waals surface area (Å²) in [6, 6.07) is 24.1. The van der Waals surface area contributed by atoms with E-state index < -0.39 is 11.6 Å². The molecule has 0 bridgehead atoms. The topological polar surface area (TPSA) is 141 Å². The highest BCUT2D eigenvalue weighted by molar-refractivity contribution is 6.01. The van der Waals surface area contributed by atoms with Crippen molar-refractivity contribution in [2.75, 3.05) is 52.6 Å². The first kappa shape index (κ1) is 30.1. The van der Waals surface area contributed by atoms with Gasteiger partial charge in [0.1, 0.15) is 5.75 Å². The van der Waals surface area contributed by atoms with Gasteiger partial charge in [0.05, 0.1) is 19.8 Å². The van der Waals surface area contributed by atoms with Gasteiger partial charge in [-0.25, -0.2) is 4.99 Å². The van der Waals surface area contributed by atoms with Gasteiger partial charge in [0.2, 0.25) is 5.90 Å². The molecule has 1 fully saturated rings. The lowest BCUT2D eigenvalue weighted by Crippen LogP contribution is -2.51. The number of hydrogen-bond acceptors (Lipinski definition) is 8. The number of carbonyl (C=O) groups is 1. The molecule has 0 aromatic heterocycles. The number of amides is 1. The van der Waals surface area contributed by atoms with Crippen molar-refractivity contribution in [2.24, 2.45) is 10.1 Å². The van der Waals surface area contributed by atoms with Crippen LogP contribution in [0.3, 0.4) is 0 Å². The molecule has 3 aromatic rings. The molecule has 11 nitrogen and oxygen atoms in total. The number of aliphatic imine (C=N–C) groups is 1. The van der Waals surface area contributed by atoms with E-state index in [1.165, 1.54) is 0 Å². The van der Waals surface area contributed by atoms with E-state index in [1.807, 2.05) is 54.6 Å². The molecule has 2 atom stereocenters. The van der Waals surface area contributed by atoms with Crippen molar-refractivity contribution in [2.45, 2.75) is 24.5 Å². The van der Waals surface area contributed by atoms with Gasteiger partial charge in [0.15, 0.2) is 11.6 Å². The van der Waals surface area contributed by atoms with Crippen molar-refractivity contribution in [3.05, 3.63) is 106 Å². The second-order valence-electron chi connectivity index (χ2n) is 10.4. The summed E-state index contributed by atoms with van der Waals surface area (Å²) < 4.78 is 17.7. The highest BCUT2D eigenvalue weighted by Gasteiger charge is 2.53. The number of nitrogens with one attached hydrogen (secondary N) is 1. The van der Waals surface area contributed by atoms with E-state index in [0.717, 1.165) is 18.7 Å². The van der Waals surface area contributed by atoms with E-state index in [2.05, 4.69) is 20.2 Å². The quantitative estimate of drug-likeness (QED) is 0.133. The lowest BCUT2D eigenvalue weighted by molar-refractivity contribution is -0.129. The van der Waals surface area contributed by atoms with E-state index in [9.17, 15) is 10.3 Å². The third-order valence-electron chi connectivity index (χ3n) is 7.54. The van der Waals surface area contributed by atoms with Crippen LogP contribution in [-0.4, -0.2) is 80.0 Å². The first-order valence-electron chi connectivity index (χ1n) is 14.5. The number of ether oxygens (including phenoxy) is 3. The van der Waals surface area contributed by atoms with Crippen molar-refractivity contribution in [3.63, 3.8) is 0 Å². The average molecular weight is 585 g/mol. The molecule has 2 heterocycles. The normalized spacial score (nSPS) is 20.0. The third-order valence-corrected chi connectivity index (χ3v) is 7.54. The fourth-order valence-electron chi connectivity index (χ4n) is 5.32. The Bertz CT molecular complexity index is 1440. The van der Waals surface area contributed by atoms with Crippen LogP contribution in [-0.2, 0) is 20.7 Å². The molecule has 11 heteroatoms. The van der Waals surface area contributed by atoms with Crippen molar-refractivity contribution in [1.82, 2.24) is 10.2 Å². The van der Waals surface area contributed by atoms with Crippen molar-refractivity contribution < 1.29 is 24.1 Å². The van der Waals surface area contributed by atoms with Crippen molar-refractivity contribution in [3.8, 4) is 5.75 Å². The molecule has 0 saturated carbocycles. The number of aliphatic hydroxyl groups is 1. The molecule has 2 N–H and O–H groups in total. The largest absolute Gasteiger partial charge is 0.494 e. The maximum Gasteiger partial charge on any atom is 0.252 e. The zero-order valence-electron chi connectivity index (χ0n) is 24.0. The highest BCUT2D eigenvalue weighted by atomic mass is 16.5. The molecule has 2 aliphatic rings. The summed E-state index contributed by atoms with van der Waals surface area (Å²) in [5.41, 5.74) is 10.5. The molecule has 0 radical (unpaired) electrons. The van der Waals surface area contributed by atoms with Gasteiger partial charge >= 0.3 is 0 Å². The molecule has 2 aliphatic heterocycles. The maximum atomic E-state index is 14.4. The van der Waals surface area contributed by atoms with Crippen LogP contribution in [0.2, 0.25) is 0 Å². The van der Waals surface area contributed by atoms with Crippen molar-refractivity contribution in [1.29, 1.82) is 0 Å². The van der Waals surface area contributed by atoms with Gasteiger partial charge in [-0.15, -0.1) is 0 Å². The number of benzene rings is 3. The molecular weight excluding hydrogens is 548 g/mol. The summed E-state index contributed by atoms with van der Waals surface area (Å²) in [7, 11) is 0. The summed E-state index contributed by atoms with van der Waals surface area (Å²) in [5.74, 6) is 0.684. The zero-order valence-corrected chi connectivity index (χ0v) is 24.0. The maximum absolute atomic E-state index is 14.4. The molecule has 0 spiro atoms. The molecule has 5 rings (SSSR count). The Balaban J connectivity index is 1.52. The predicted octanol–water partition coefficient (Wildman–Crippen LogP) is 4.34. The van der Waals surface area contributed by atoms with Crippen LogP contribution < -0.4 is 10.1 Å². The van der Waals surface area contributed by atoms with Crippen LogP contribution in [0.15, 0.2) is 89.0 Å². The van der Waals surface area contributed by atoms with Crippen molar-refractivity contribution >= 4 is 17.5 Å². The van der Waals surface area contributed by atoms with E-state index in [1.54, 1.807) is 24.3 Å². The minimum atomic E-state index is -1.39. The molecule has 224 valence electrons. The number of morpholine rings is 1. The standard InChI is InChI=1S/C32H36N6O5/c33-37-36-28-10-5-4-9-27(28)29-32(23-24-7-2-1-3-8-24,31(40)34-15-16-38-17-21-41-22-18-38)35-30(43-29)25-11-13-26(14-12-25)42-20-6-19-39/h1-5,7-14,29,39H,6,15-23H2,(H,34,40)/t29-,32-/m1/s1. The van der Waals surface area contributed by atoms with Crippen LogP contribution in [0.25, 0.3) is 10.4 Å². The summed E-state index contributed by atoms with van der Waals surface area (Å²) in [6.45, 7) is 4.57. The first-order valence-corrected chi connectivity index (χ1v) is 14.5. The lowest BCUT2D eigenvalue weighted by Gasteiger charge is -2.32. The third kappa shape index (κ3) is 7.33. The smallest absolute Gasteiger partial charge is 0.252 e. The molecular formula is C32H36N6O5. The molecule has 3 aromatic carbocycles. The summed E-state index contributed by atoms with van der Waals surface area (Å²) >= 11 is 0. The van der Waals surface area contributed by atoms with E-state index in [-0.39, 0.29) is 18.9 Å². The van der Waals surface area contributed by atoms with E-state index in [4.69, 9.17) is 24.3 Å². The van der Waals surface area contributed by atoms with Crippen LogP contribution in [0, 0.1) is 0 Å². The van der Waals surface area contributed by atoms with Crippen LogP contribution in [0.1, 0.15) is 29.2 Å². The van der Waals surface area contributed by atoms with Gasteiger partial charge in [0, 0.05) is 67.4 Å². The lowest BCUT2D eigenvalue weighted by atomic mass is 9.81. The fourth-order valence-corrected chi connectivity index (χ4v) is 5.32. The Hall–Kier alpha value is -4.41. The molecule has 0 unspecified atom stereocenters. The van der Waals surface area contributed by atoms with Gasteiger partial charge in [-0.1, -0.05) is 59.7 Å². The van der Waals surface area contributed by atoms with Gasteiger partial charge < -0.3 is 24.6 Å². The second kappa shape index (κ2) is 14.7. The van der Waals surface area contributed by atoms with Crippen LogP contribution >= 0.6 is 0 Å². The van der Waals surface area contributed by atoms with E-state index >= 15 is 0 Å². The Morgan fingerprint density at radius 1 is 1.09 bits per heavy atom. The number of rotatable bonds is 13. The second-order valence-corrected chi connectivity index (χ2v) is 10.4. The predicted molar refractivity (Wildman–Crippen MR) is 162 cm³/mol. The van der Waals surface area contributed by atoms with E-state index in [0.29, 0.717) is 67.8 Å². The number of carbonyl (C=O) groups excluding carboxylic acids is 1. The SMILES string of the molecule is [N-]=[N+]=Nc1ccccc1[C@H]1OC(c2ccc(OCCCO)cc2)=N[C@@]1(Cc1ccccc1)C(=O)NCCN1CCOCC1. The Morgan fingerprint density at radius 3 is 2.58 bits per heavy atom. The average Bonchev–Trinajstić information content (AvgIpc) is 3.43. The van der Waals surface area contributed by atoms with Gasteiger partial charge in [-0.2, -0.15) is 0 Å². The Kier molecular flexibility index (Phi) is 10.2.